The topological polar surface area (TPSA) is 68.9 Å². The van der Waals surface area contributed by atoms with Gasteiger partial charge in [-0.2, -0.15) is 0 Å². The summed E-state index contributed by atoms with van der Waals surface area (Å²) in [4.78, 5) is 19.0. The van der Waals surface area contributed by atoms with Gasteiger partial charge >= 0.3 is 0 Å². The second-order valence-electron chi connectivity index (χ2n) is 4.03. The molecule has 98 valence electrons. The Morgan fingerprint density at radius 2 is 2.05 bits per heavy atom. The Kier molecular flexibility index (Phi) is 4.06. The lowest BCUT2D eigenvalue weighted by Gasteiger charge is -2.05. The minimum atomic E-state index is -0.445. The molecule has 1 aromatic carbocycles. The third-order valence-electron chi connectivity index (χ3n) is 2.60. The number of nitro groups is 1. The number of para-hydroxylation sites is 1. The van der Waals surface area contributed by atoms with E-state index in [1.165, 1.54) is 6.07 Å². The van der Waals surface area contributed by atoms with Gasteiger partial charge in [0.2, 0.25) is 0 Å². The molecule has 2 rings (SSSR count). The summed E-state index contributed by atoms with van der Waals surface area (Å²) >= 11 is 5.95. The quantitative estimate of drug-likeness (QED) is 0.486. The SMILES string of the molecule is CCCc1cc(Cl)nc(-c2ccccc2[N+](=O)[O-])n1. The summed E-state index contributed by atoms with van der Waals surface area (Å²) in [7, 11) is 0. The van der Waals surface area contributed by atoms with Crippen LogP contribution in [-0.4, -0.2) is 14.9 Å². The smallest absolute Gasteiger partial charge is 0.258 e. The normalized spacial score (nSPS) is 10.4. The van der Waals surface area contributed by atoms with Crippen LogP contribution in [0.4, 0.5) is 5.69 Å². The van der Waals surface area contributed by atoms with E-state index in [9.17, 15) is 10.1 Å². The van der Waals surface area contributed by atoms with E-state index in [4.69, 9.17) is 11.6 Å². The van der Waals surface area contributed by atoms with Gasteiger partial charge in [-0.1, -0.05) is 37.1 Å². The number of rotatable bonds is 4. The van der Waals surface area contributed by atoms with Crippen molar-refractivity contribution in [1.82, 2.24) is 9.97 Å². The van der Waals surface area contributed by atoms with Crippen LogP contribution in [0.5, 0.6) is 0 Å². The summed E-state index contributed by atoms with van der Waals surface area (Å²) in [6.07, 6.45) is 1.68. The number of benzene rings is 1. The average molecular weight is 278 g/mol. The van der Waals surface area contributed by atoms with Crippen molar-refractivity contribution in [2.24, 2.45) is 0 Å². The van der Waals surface area contributed by atoms with Gasteiger partial charge in [0.25, 0.3) is 5.69 Å². The van der Waals surface area contributed by atoms with E-state index in [1.54, 1.807) is 24.3 Å². The summed E-state index contributed by atoms with van der Waals surface area (Å²) < 4.78 is 0. The van der Waals surface area contributed by atoms with Crippen molar-refractivity contribution in [3.63, 3.8) is 0 Å². The first-order valence-corrected chi connectivity index (χ1v) is 6.27. The minimum absolute atomic E-state index is 0.0211. The summed E-state index contributed by atoms with van der Waals surface area (Å²) in [5.74, 6) is 0.295. The highest BCUT2D eigenvalue weighted by Gasteiger charge is 2.17. The number of hydrogen-bond acceptors (Lipinski definition) is 4. The fourth-order valence-corrected chi connectivity index (χ4v) is 2.00. The Morgan fingerprint density at radius 3 is 2.74 bits per heavy atom. The zero-order valence-electron chi connectivity index (χ0n) is 10.3. The molecule has 0 spiro atoms. The maximum atomic E-state index is 11.0. The molecule has 0 aliphatic heterocycles. The largest absolute Gasteiger partial charge is 0.280 e. The Balaban J connectivity index is 2.55. The van der Waals surface area contributed by atoms with Crippen molar-refractivity contribution in [2.45, 2.75) is 19.8 Å². The molecule has 0 saturated carbocycles. The second-order valence-corrected chi connectivity index (χ2v) is 4.42. The molecule has 0 aliphatic rings. The van der Waals surface area contributed by atoms with Gasteiger partial charge < -0.3 is 0 Å². The maximum Gasteiger partial charge on any atom is 0.280 e. The molecule has 0 fully saturated rings. The van der Waals surface area contributed by atoms with Gasteiger partial charge in [0.15, 0.2) is 5.82 Å². The van der Waals surface area contributed by atoms with Crippen molar-refractivity contribution in [1.29, 1.82) is 0 Å². The van der Waals surface area contributed by atoms with Crippen molar-refractivity contribution < 1.29 is 4.92 Å². The molecule has 0 atom stereocenters. The molecule has 0 saturated heterocycles. The molecule has 1 aromatic heterocycles. The third-order valence-corrected chi connectivity index (χ3v) is 2.79. The van der Waals surface area contributed by atoms with Gasteiger partial charge in [0.05, 0.1) is 10.5 Å². The summed E-state index contributed by atoms with van der Waals surface area (Å²) in [5.41, 5.74) is 1.15. The van der Waals surface area contributed by atoms with Gasteiger partial charge in [0.1, 0.15) is 5.15 Å². The number of nitrogens with zero attached hydrogens (tertiary/aromatic N) is 3. The number of aryl methyl sites for hydroxylation is 1. The predicted octanol–water partition coefficient (Wildman–Crippen LogP) is 3.66. The zero-order chi connectivity index (χ0) is 13.8. The van der Waals surface area contributed by atoms with Crippen molar-refractivity contribution in [2.75, 3.05) is 0 Å². The zero-order valence-corrected chi connectivity index (χ0v) is 11.1. The number of halogens is 1. The molecular formula is C13H12ClN3O2. The second kappa shape index (κ2) is 5.75. The fraction of sp³-hybridized carbons (Fsp3) is 0.231. The standard InChI is InChI=1S/C13H12ClN3O2/c1-2-5-9-8-12(14)16-13(15-9)10-6-3-4-7-11(10)17(18)19/h3-4,6-8H,2,5H2,1H3. The molecule has 5 nitrogen and oxygen atoms in total. The van der Waals surface area contributed by atoms with E-state index >= 15 is 0 Å². The molecule has 0 radical (unpaired) electrons. The van der Waals surface area contributed by atoms with Crippen LogP contribution in [0.3, 0.4) is 0 Å². The van der Waals surface area contributed by atoms with Gasteiger partial charge in [-0.15, -0.1) is 0 Å². The van der Waals surface area contributed by atoms with Crippen LogP contribution < -0.4 is 0 Å². The van der Waals surface area contributed by atoms with E-state index in [-0.39, 0.29) is 5.69 Å². The highest BCUT2D eigenvalue weighted by molar-refractivity contribution is 6.29. The summed E-state index contributed by atoms with van der Waals surface area (Å²) in [5, 5.41) is 11.3. The van der Waals surface area contributed by atoms with Gasteiger partial charge in [0, 0.05) is 11.8 Å². The lowest BCUT2D eigenvalue weighted by molar-refractivity contribution is -0.384. The van der Waals surface area contributed by atoms with Crippen LogP contribution in [0.2, 0.25) is 5.15 Å². The van der Waals surface area contributed by atoms with E-state index < -0.39 is 4.92 Å². The summed E-state index contributed by atoms with van der Waals surface area (Å²) in [6.45, 7) is 2.03. The number of aromatic nitrogens is 2. The molecule has 0 amide bonds. The molecule has 0 aliphatic carbocycles. The fourth-order valence-electron chi connectivity index (χ4n) is 1.79. The minimum Gasteiger partial charge on any atom is -0.258 e. The first kappa shape index (κ1) is 13.4. The highest BCUT2D eigenvalue weighted by atomic mass is 35.5. The molecule has 1 heterocycles. The van der Waals surface area contributed by atoms with Crippen LogP contribution >= 0.6 is 11.6 Å². The molecule has 6 heteroatoms. The molecule has 19 heavy (non-hydrogen) atoms. The number of nitro benzene ring substituents is 1. The lowest BCUT2D eigenvalue weighted by Crippen LogP contribution is -1.99. The molecule has 0 bridgehead atoms. The van der Waals surface area contributed by atoms with Gasteiger partial charge in [-0.3, -0.25) is 10.1 Å². The highest BCUT2D eigenvalue weighted by Crippen LogP contribution is 2.27. The van der Waals surface area contributed by atoms with E-state index in [2.05, 4.69) is 9.97 Å². The molecule has 2 aromatic rings. The summed E-state index contributed by atoms with van der Waals surface area (Å²) in [6, 6.07) is 8.06. The average Bonchev–Trinajstić information content (AvgIpc) is 2.38. The Morgan fingerprint density at radius 1 is 1.32 bits per heavy atom. The van der Waals surface area contributed by atoms with Crippen LogP contribution in [0.1, 0.15) is 19.0 Å². The van der Waals surface area contributed by atoms with Crippen LogP contribution in [0.25, 0.3) is 11.4 Å². The third kappa shape index (κ3) is 3.06. The van der Waals surface area contributed by atoms with Crippen LogP contribution in [-0.2, 0) is 6.42 Å². The lowest BCUT2D eigenvalue weighted by atomic mass is 10.1. The van der Waals surface area contributed by atoms with Crippen molar-refractivity contribution in [3.8, 4) is 11.4 Å². The monoisotopic (exact) mass is 277 g/mol. The van der Waals surface area contributed by atoms with E-state index in [1.807, 2.05) is 6.92 Å². The molecule has 0 N–H and O–H groups in total. The van der Waals surface area contributed by atoms with Crippen molar-refractivity contribution >= 4 is 17.3 Å². The molecular weight excluding hydrogens is 266 g/mol. The number of hydrogen-bond donors (Lipinski definition) is 0. The van der Waals surface area contributed by atoms with E-state index in [0.29, 0.717) is 16.5 Å². The molecule has 0 unspecified atom stereocenters. The predicted molar refractivity (Wildman–Crippen MR) is 73.1 cm³/mol. The Hall–Kier alpha value is -2.01. The van der Waals surface area contributed by atoms with Gasteiger partial charge in [-0.05, 0) is 18.6 Å². The Bertz CT molecular complexity index is 617. The van der Waals surface area contributed by atoms with Crippen LogP contribution in [0, 0.1) is 10.1 Å². The van der Waals surface area contributed by atoms with E-state index in [0.717, 1.165) is 18.5 Å². The first-order valence-electron chi connectivity index (χ1n) is 5.89. The first-order chi connectivity index (χ1) is 9.11. The maximum absolute atomic E-state index is 11.0. The van der Waals surface area contributed by atoms with Crippen molar-refractivity contribution in [3.05, 3.63) is 51.3 Å². The van der Waals surface area contributed by atoms with Gasteiger partial charge in [-0.25, -0.2) is 9.97 Å². The van der Waals surface area contributed by atoms with Crippen LogP contribution in [0.15, 0.2) is 30.3 Å². The Labute approximate surface area is 115 Å².